The summed E-state index contributed by atoms with van der Waals surface area (Å²) in [5.74, 6) is -1.96. The van der Waals surface area contributed by atoms with E-state index in [4.69, 9.17) is 14.2 Å². The van der Waals surface area contributed by atoms with Crippen LogP contribution in [0.5, 0.6) is 11.5 Å². The van der Waals surface area contributed by atoms with Gasteiger partial charge in [0.05, 0.1) is 18.1 Å². The molecule has 11 heteroatoms. The van der Waals surface area contributed by atoms with Crippen molar-refractivity contribution in [3.63, 3.8) is 0 Å². The summed E-state index contributed by atoms with van der Waals surface area (Å²) in [4.78, 5) is -0.924. The van der Waals surface area contributed by atoms with Gasteiger partial charge >= 0.3 is 5.51 Å². The van der Waals surface area contributed by atoms with Gasteiger partial charge in [-0.1, -0.05) is 15.9 Å². The van der Waals surface area contributed by atoms with Crippen molar-refractivity contribution in [3.05, 3.63) is 51.7 Å². The molecule has 1 saturated heterocycles. The Kier molecular flexibility index (Phi) is 4.92. The highest BCUT2D eigenvalue weighted by molar-refractivity contribution is 9.10. The fraction of sp³-hybridized carbons (Fsp3) is 0.333. The highest BCUT2D eigenvalue weighted by Gasteiger charge is 2.54. The molecule has 1 fully saturated rings. The average molecular weight is 497 g/mol. The zero-order valence-corrected chi connectivity index (χ0v) is 17.0. The molecule has 0 saturated carbocycles. The Morgan fingerprint density at radius 1 is 1.10 bits per heavy atom. The van der Waals surface area contributed by atoms with Crippen molar-refractivity contribution < 1.29 is 40.2 Å². The molecule has 1 spiro atoms. The second-order valence-electron chi connectivity index (χ2n) is 6.52. The van der Waals surface area contributed by atoms with Crippen LogP contribution in [-0.4, -0.2) is 27.1 Å². The number of sulfone groups is 1. The van der Waals surface area contributed by atoms with E-state index < -0.39 is 31.8 Å². The van der Waals surface area contributed by atoms with E-state index in [0.29, 0.717) is 4.47 Å². The summed E-state index contributed by atoms with van der Waals surface area (Å²) in [5, 5.41) is 0. The maximum atomic E-state index is 13.6. The van der Waals surface area contributed by atoms with Gasteiger partial charge in [-0.05, 0) is 30.7 Å². The molecule has 5 nitrogen and oxygen atoms in total. The maximum absolute atomic E-state index is 13.6. The molecule has 0 aromatic heterocycles. The zero-order valence-electron chi connectivity index (χ0n) is 14.6. The summed E-state index contributed by atoms with van der Waals surface area (Å²) in [7, 11) is -5.65. The van der Waals surface area contributed by atoms with Crippen LogP contribution in [0.25, 0.3) is 0 Å². The van der Waals surface area contributed by atoms with Crippen LogP contribution in [0.2, 0.25) is 0 Å². The van der Waals surface area contributed by atoms with Gasteiger partial charge in [0.25, 0.3) is 9.84 Å². The van der Waals surface area contributed by atoms with E-state index in [1.165, 1.54) is 12.1 Å². The van der Waals surface area contributed by atoms with Crippen LogP contribution in [0, 0.1) is 5.82 Å². The first-order valence-corrected chi connectivity index (χ1v) is 10.7. The lowest BCUT2D eigenvalue weighted by Gasteiger charge is -2.26. The first-order valence-electron chi connectivity index (χ1n) is 8.43. The molecule has 1 heterocycles. The normalized spacial score (nSPS) is 18.2. The molecule has 2 aromatic carbocycles. The zero-order chi connectivity index (χ0) is 21.0. The van der Waals surface area contributed by atoms with E-state index in [1.807, 2.05) is 0 Å². The fourth-order valence-electron chi connectivity index (χ4n) is 3.59. The molecule has 29 heavy (non-hydrogen) atoms. The molecule has 0 atom stereocenters. The van der Waals surface area contributed by atoms with Crippen LogP contribution in [-0.2, 0) is 31.5 Å². The monoisotopic (exact) mass is 496 g/mol. The third kappa shape index (κ3) is 3.43. The minimum atomic E-state index is -5.65. The van der Waals surface area contributed by atoms with E-state index in [1.54, 1.807) is 0 Å². The lowest BCUT2D eigenvalue weighted by molar-refractivity contribution is -0.164. The summed E-state index contributed by atoms with van der Waals surface area (Å²) in [5.41, 5.74) is -5.48. The number of halogens is 5. The Labute approximate surface area is 171 Å². The lowest BCUT2D eigenvalue weighted by Crippen LogP contribution is -2.30. The first-order chi connectivity index (χ1) is 13.5. The van der Waals surface area contributed by atoms with E-state index in [-0.39, 0.29) is 48.7 Å². The quantitative estimate of drug-likeness (QED) is 0.570. The minimum Gasteiger partial charge on any atom is -0.457 e. The molecule has 156 valence electrons. The molecule has 4 rings (SSSR count). The predicted octanol–water partition coefficient (Wildman–Crippen LogP) is 4.82. The Morgan fingerprint density at radius 2 is 1.79 bits per heavy atom. The van der Waals surface area contributed by atoms with Crippen molar-refractivity contribution in [2.75, 3.05) is 13.2 Å². The average Bonchev–Trinajstić information content (AvgIpc) is 3.22. The van der Waals surface area contributed by atoms with Gasteiger partial charge in [-0.15, -0.1) is 0 Å². The predicted molar refractivity (Wildman–Crippen MR) is 95.8 cm³/mol. The molecule has 0 amide bonds. The summed E-state index contributed by atoms with van der Waals surface area (Å²) in [6.07, 6.45) is 0.304. The minimum absolute atomic E-state index is 0.0970. The third-order valence-corrected chi connectivity index (χ3v) is 6.72. The van der Waals surface area contributed by atoms with Crippen molar-refractivity contribution in [1.29, 1.82) is 0 Å². The molecule has 1 aliphatic carbocycles. The number of alkyl halides is 3. The largest absolute Gasteiger partial charge is 0.501 e. The molecule has 2 aromatic rings. The summed E-state index contributed by atoms with van der Waals surface area (Å²) in [6, 6.07) is 5.74. The maximum Gasteiger partial charge on any atom is 0.501 e. The van der Waals surface area contributed by atoms with Gasteiger partial charge in [-0.2, -0.15) is 13.2 Å². The van der Waals surface area contributed by atoms with Gasteiger partial charge in [0.15, 0.2) is 5.79 Å². The van der Waals surface area contributed by atoms with Crippen LogP contribution in [0.4, 0.5) is 17.6 Å². The van der Waals surface area contributed by atoms with Gasteiger partial charge in [-0.3, -0.25) is 0 Å². The number of hydrogen-bond acceptors (Lipinski definition) is 5. The highest BCUT2D eigenvalue weighted by Crippen LogP contribution is 2.51. The van der Waals surface area contributed by atoms with Gasteiger partial charge in [-0.25, -0.2) is 12.8 Å². The van der Waals surface area contributed by atoms with Crippen LogP contribution in [0.15, 0.2) is 39.7 Å². The Bertz CT molecular complexity index is 1060. The number of hydrogen-bond donors (Lipinski definition) is 0. The third-order valence-electron chi connectivity index (χ3n) is 4.73. The lowest BCUT2D eigenvalue weighted by atomic mass is 10.1. The summed E-state index contributed by atoms with van der Waals surface area (Å²) in [6.45, 7) is 0.236. The smallest absolute Gasteiger partial charge is 0.457 e. The Hall–Kier alpha value is -1.69. The van der Waals surface area contributed by atoms with Crippen molar-refractivity contribution in [3.8, 4) is 11.5 Å². The van der Waals surface area contributed by atoms with Gasteiger partial charge in [0.2, 0.25) is 0 Å². The molecular weight excluding hydrogens is 484 g/mol. The van der Waals surface area contributed by atoms with Crippen molar-refractivity contribution in [2.45, 2.75) is 29.0 Å². The number of fused-ring (bicyclic) bond motifs is 2. The number of ether oxygens (including phenoxy) is 3. The molecule has 2 aliphatic rings. The van der Waals surface area contributed by atoms with Crippen LogP contribution in [0.3, 0.4) is 0 Å². The van der Waals surface area contributed by atoms with Crippen LogP contribution >= 0.6 is 15.9 Å². The molecule has 0 bridgehead atoms. The topological polar surface area (TPSA) is 61.8 Å². The van der Waals surface area contributed by atoms with E-state index in [2.05, 4.69) is 15.9 Å². The SMILES string of the molecule is O=S(=O)(c1ccc(Oc2cc(F)cc(Br)c2)c2c1C1(CC2)OCCO1)C(F)(F)F. The fourth-order valence-corrected chi connectivity index (χ4v) is 5.08. The van der Waals surface area contributed by atoms with E-state index >= 15 is 0 Å². The molecular formula is C18H13BrF4O5S. The molecule has 0 radical (unpaired) electrons. The van der Waals surface area contributed by atoms with Crippen molar-refractivity contribution >= 4 is 25.8 Å². The Balaban J connectivity index is 1.88. The highest BCUT2D eigenvalue weighted by atomic mass is 79.9. The van der Waals surface area contributed by atoms with E-state index in [0.717, 1.165) is 18.2 Å². The number of benzene rings is 2. The van der Waals surface area contributed by atoms with Gasteiger partial charge in [0.1, 0.15) is 17.3 Å². The first kappa shape index (κ1) is 20.6. The van der Waals surface area contributed by atoms with Crippen molar-refractivity contribution in [2.24, 2.45) is 0 Å². The Morgan fingerprint density at radius 3 is 2.41 bits per heavy atom. The standard InChI is InChI=1S/C18H13BrF4O5S/c19-10-7-11(20)9-12(8-10)28-14-1-2-15(29(24,25)18(21,22)23)16-13(14)3-4-17(16)26-5-6-27-17/h1-2,7-9H,3-6H2. The molecule has 1 aliphatic heterocycles. The van der Waals surface area contributed by atoms with Crippen LogP contribution in [0.1, 0.15) is 17.5 Å². The summed E-state index contributed by atoms with van der Waals surface area (Å²) < 4.78 is 94.9. The van der Waals surface area contributed by atoms with Gasteiger partial charge in [0, 0.05) is 28.1 Å². The molecule has 0 unspecified atom stereocenters. The second-order valence-corrected chi connectivity index (χ2v) is 9.35. The second kappa shape index (κ2) is 6.93. The van der Waals surface area contributed by atoms with E-state index in [9.17, 15) is 26.0 Å². The molecule has 0 N–H and O–H groups in total. The van der Waals surface area contributed by atoms with Crippen molar-refractivity contribution in [1.82, 2.24) is 0 Å². The van der Waals surface area contributed by atoms with Crippen LogP contribution < -0.4 is 4.74 Å². The summed E-state index contributed by atoms with van der Waals surface area (Å²) >= 11 is 3.13. The van der Waals surface area contributed by atoms with Gasteiger partial charge < -0.3 is 14.2 Å². The number of rotatable bonds is 3.